The van der Waals surface area contributed by atoms with Crippen LogP contribution in [0.1, 0.15) is 18.3 Å². The summed E-state index contributed by atoms with van der Waals surface area (Å²) in [6.45, 7) is 3.42. The number of nitrogens with one attached hydrogen (secondary N) is 3. The van der Waals surface area contributed by atoms with Gasteiger partial charge < -0.3 is 4.98 Å². The fourth-order valence-electron chi connectivity index (χ4n) is 1.20. The summed E-state index contributed by atoms with van der Waals surface area (Å²) in [6, 6.07) is 3.77. The number of aromatic nitrogens is 4. The van der Waals surface area contributed by atoms with Gasteiger partial charge in [-0.3, -0.25) is 9.78 Å². The number of hydrogen-bond acceptors (Lipinski definition) is 5. The monoisotopic (exact) mass is 232 g/mol. The standard InChI is InChI=1S/C10H12N6O/c1-6(8-4-3-5-11-8)13-15-10-12-9(17)7(2)14-16-10/h3-5,11H,1-2H3,(H2,12,15,16,17)/b13-6+. The summed E-state index contributed by atoms with van der Waals surface area (Å²) >= 11 is 0. The maximum Gasteiger partial charge on any atom is 0.274 e. The highest BCUT2D eigenvalue weighted by Gasteiger charge is 2.00. The van der Waals surface area contributed by atoms with Crippen molar-refractivity contribution < 1.29 is 0 Å². The molecule has 0 saturated carbocycles. The molecule has 0 aliphatic carbocycles. The summed E-state index contributed by atoms with van der Waals surface area (Å²) in [6.07, 6.45) is 1.81. The Kier molecular flexibility index (Phi) is 2.99. The molecular formula is C10H12N6O. The number of aromatic amines is 2. The van der Waals surface area contributed by atoms with E-state index in [1.54, 1.807) is 6.92 Å². The molecule has 2 rings (SSSR count). The van der Waals surface area contributed by atoms with Crippen molar-refractivity contribution in [2.24, 2.45) is 5.10 Å². The Bertz CT molecular complexity index is 583. The smallest absolute Gasteiger partial charge is 0.274 e. The molecule has 7 nitrogen and oxygen atoms in total. The molecule has 0 bridgehead atoms. The predicted octanol–water partition coefficient (Wildman–Crippen LogP) is 0.638. The topological polar surface area (TPSA) is 98.8 Å². The number of aryl methyl sites for hydroxylation is 1. The molecule has 0 aromatic carbocycles. The molecule has 7 heteroatoms. The van der Waals surface area contributed by atoms with E-state index < -0.39 is 0 Å². The highest BCUT2D eigenvalue weighted by molar-refractivity contribution is 5.97. The van der Waals surface area contributed by atoms with Gasteiger partial charge in [0.2, 0.25) is 5.95 Å². The maximum atomic E-state index is 11.3. The van der Waals surface area contributed by atoms with Crippen LogP contribution in [-0.4, -0.2) is 25.9 Å². The second kappa shape index (κ2) is 4.60. The van der Waals surface area contributed by atoms with Crippen molar-refractivity contribution in [1.82, 2.24) is 20.2 Å². The minimum Gasteiger partial charge on any atom is -0.360 e. The van der Waals surface area contributed by atoms with Crippen molar-refractivity contribution in [3.63, 3.8) is 0 Å². The van der Waals surface area contributed by atoms with Crippen molar-refractivity contribution in [3.05, 3.63) is 40.1 Å². The summed E-state index contributed by atoms with van der Waals surface area (Å²) in [5.74, 6) is 0.214. The molecule has 2 heterocycles. The van der Waals surface area contributed by atoms with Crippen molar-refractivity contribution in [2.75, 3.05) is 5.43 Å². The molecule has 88 valence electrons. The van der Waals surface area contributed by atoms with E-state index in [2.05, 4.69) is 30.7 Å². The highest BCUT2D eigenvalue weighted by atomic mass is 16.1. The van der Waals surface area contributed by atoms with Crippen LogP contribution in [0.4, 0.5) is 5.95 Å². The summed E-state index contributed by atoms with van der Waals surface area (Å²) in [5.41, 5.74) is 4.31. The largest absolute Gasteiger partial charge is 0.360 e. The van der Waals surface area contributed by atoms with Crippen molar-refractivity contribution in [1.29, 1.82) is 0 Å². The van der Waals surface area contributed by atoms with E-state index in [1.807, 2.05) is 25.3 Å². The molecule has 0 aliphatic heterocycles. The van der Waals surface area contributed by atoms with Crippen LogP contribution in [0.3, 0.4) is 0 Å². The van der Waals surface area contributed by atoms with Crippen molar-refractivity contribution >= 4 is 11.7 Å². The van der Waals surface area contributed by atoms with E-state index in [1.165, 1.54) is 0 Å². The Morgan fingerprint density at radius 1 is 1.47 bits per heavy atom. The normalized spacial score (nSPS) is 11.5. The third kappa shape index (κ3) is 2.57. The van der Waals surface area contributed by atoms with E-state index in [4.69, 9.17) is 0 Å². The molecule has 0 spiro atoms. The molecule has 2 aromatic rings. The molecule has 0 amide bonds. The minimum absolute atomic E-state index is 0.214. The van der Waals surface area contributed by atoms with Gasteiger partial charge in [-0.05, 0) is 26.0 Å². The number of anilines is 1. The summed E-state index contributed by atoms with van der Waals surface area (Å²) in [5, 5.41) is 11.5. The number of hydrazone groups is 1. The fraction of sp³-hybridized carbons (Fsp3) is 0.200. The van der Waals surface area contributed by atoms with Gasteiger partial charge in [0.25, 0.3) is 5.56 Å². The molecule has 2 aromatic heterocycles. The zero-order valence-electron chi connectivity index (χ0n) is 9.48. The molecule has 3 N–H and O–H groups in total. The molecule has 0 aliphatic rings. The predicted molar refractivity (Wildman–Crippen MR) is 64.0 cm³/mol. The van der Waals surface area contributed by atoms with Crippen LogP contribution in [0.25, 0.3) is 0 Å². The lowest BCUT2D eigenvalue weighted by molar-refractivity contribution is 0.897. The van der Waals surface area contributed by atoms with Crippen LogP contribution in [0.15, 0.2) is 28.2 Å². The highest BCUT2D eigenvalue weighted by Crippen LogP contribution is 1.98. The molecule has 0 saturated heterocycles. The zero-order chi connectivity index (χ0) is 12.3. The number of hydrogen-bond donors (Lipinski definition) is 3. The molecule has 0 radical (unpaired) electrons. The van der Waals surface area contributed by atoms with Gasteiger partial charge in [-0.15, -0.1) is 10.2 Å². The summed E-state index contributed by atoms with van der Waals surface area (Å²) in [7, 11) is 0. The van der Waals surface area contributed by atoms with E-state index in [0.717, 1.165) is 11.4 Å². The third-order valence-corrected chi connectivity index (χ3v) is 2.18. The lowest BCUT2D eigenvalue weighted by Crippen LogP contribution is -2.16. The van der Waals surface area contributed by atoms with Crippen LogP contribution in [0, 0.1) is 6.92 Å². The van der Waals surface area contributed by atoms with Crippen molar-refractivity contribution in [3.8, 4) is 0 Å². The second-order valence-corrected chi connectivity index (χ2v) is 3.48. The first kappa shape index (κ1) is 11.1. The first-order valence-electron chi connectivity index (χ1n) is 5.04. The Morgan fingerprint density at radius 3 is 2.94 bits per heavy atom. The Labute approximate surface area is 97.0 Å². The first-order chi connectivity index (χ1) is 8.16. The third-order valence-electron chi connectivity index (χ3n) is 2.18. The van der Waals surface area contributed by atoms with Crippen LogP contribution in [0.5, 0.6) is 0 Å². The fourth-order valence-corrected chi connectivity index (χ4v) is 1.20. The van der Waals surface area contributed by atoms with Gasteiger partial charge in [0.15, 0.2) is 0 Å². The quantitative estimate of drug-likeness (QED) is 0.534. The maximum absolute atomic E-state index is 11.3. The van der Waals surface area contributed by atoms with E-state index in [9.17, 15) is 4.79 Å². The Morgan fingerprint density at radius 2 is 2.29 bits per heavy atom. The van der Waals surface area contributed by atoms with Crippen LogP contribution >= 0.6 is 0 Å². The number of rotatable bonds is 3. The van der Waals surface area contributed by atoms with Gasteiger partial charge in [0.05, 0.1) is 11.4 Å². The number of H-pyrrole nitrogens is 2. The molecule has 0 atom stereocenters. The Balaban J connectivity index is 2.14. The average molecular weight is 232 g/mol. The van der Waals surface area contributed by atoms with Crippen LogP contribution in [-0.2, 0) is 0 Å². The van der Waals surface area contributed by atoms with E-state index in [-0.39, 0.29) is 11.5 Å². The molecule has 0 fully saturated rings. The Hall–Kier alpha value is -2.44. The van der Waals surface area contributed by atoms with Gasteiger partial charge in [0.1, 0.15) is 5.69 Å². The van der Waals surface area contributed by atoms with E-state index >= 15 is 0 Å². The SMILES string of the molecule is C/C(=N\Nc1nnc(C)c(=O)[nH]1)c1ccc[nH]1. The van der Waals surface area contributed by atoms with Crippen LogP contribution < -0.4 is 11.0 Å². The lowest BCUT2D eigenvalue weighted by Gasteiger charge is -2.00. The van der Waals surface area contributed by atoms with Crippen LogP contribution in [0.2, 0.25) is 0 Å². The molecule has 17 heavy (non-hydrogen) atoms. The lowest BCUT2D eigenvalue weighted by atomic mass is 10.3. The molecule has 0 unspecified atom stereocenters. The molecular weight excluding hydrogens is 220 g/mol. The second-order valence-electron chi connectivity index (χ2n) is 3.48. The van der Waals surface area contributed by atoms with Gasteiger partial charge >= 0.3 is 0 Å². The number of nitrogens with zero attached hydrogens (tertiary/aromatic N) is 3. The summed E-state index contributed by atoms with van der Waals surface area (Å²) in [4.78, 5) is 16.8. The minimum atomic E-state index is -0.282. The zero-order valence-corrected chi connectivity index (χ0v) is 9.48. The van der Waals surface area contributed by atoms with Gasteiger partial charge in [0, 0.05) is 6.20 Å². The van der Waals surface area contributed by atoms with Gasteiger partial charge in [-0.25, -0.2) is 5.43 Å². The van der Waals surface area contributed by atoms with Crippen molar-refractivity contribution in [2.45, 2.75) is 13.8 Å². The first-order valence-corrected chi connectivity index (χ1v) is 5.04. The summed E-state index contributed by atoms with van der Waals surface area (Å²) < 4.78 is 0. The van der Waals surface area contributed by atoms with Gasteiger partial charge in [-0.1, -0.05) is 0 Å². The van der Waals surface area contributed by atoms with E-state index in [0.29, 0.717) is 5.69 Å². The average Bonchev–Trinajstić information content (AvgIpc) is 2.84. The van der Waals surface area contributed by atoms with Gasteiger partial charge in [-0.2, -0.15) is 5.10 Å².